The maximum atomic E-state index is 8.88. The van der Waals surface area contributed by atoms with E-state index < -0.39 is 0 Å². The minimum Gasteiger partial charge on any atom is -0.394 e. The average molecular weight is 264 g/mol. The summed E-state index contributed by atoms with van der Waals surface area (Å²) < 4.78 is 4.89. The zero-order valence-electron chi connectivity index (χ0n) is 7.95. The summed E-state index contributed by atoms with van der Waals surface area (Å²) in [6.45, 7) is 1.88. The second-order valence-electron chi connectivity index (χ2n) is 3.09. The van der Waals surface area contributed by atoms with E-state index in [1.165, 1.54) is 23.3 Å². The van der Waals surface area contributed by atoms with Crippen LogP contribution in [-0.2, 0) is 0 Å². The van der Waals surface area contributed by atoms with Crippen molar-refractivity contribution in [3.63, 3.8) is 0 Å². The Bertz CT molecular complexity index is 393. The number of guanidine groups is 1. The zero-order valence-corrected chi connectivity index (χ0v) is 10.3. The maximum Gasteiger partial charge on any atom is 0.206 e. The van der Waals surface area contributed by atoms with Crippen molar-refractivity contribution in [2.75, 3.05) is 11.9 Å². The number of thiophene rings is 1. The van der Waals surface area contributed by atoms with E-state index in [2.05, 4.69) is 15.0 Å². The number of halogens is 1. The molecule has 1 unspecified atom stereocenters. The molecule has 2 rings (SSSR count). The molecular formula is C8H10ClN3OS2. The highest BCUT2D eigenvalue weighted by Crippen LogP contribution is 2.39. The van der Waals surface area contributed by atoms with Gasteiger partial charge in [-0.25, -0.2) is 4.99 Å². The average Bonchev–Trinajstić information content (AvgIpc) is 2.57. The molecule has 3 N–H and O–H groups in total. The molecule has 0 saturated heterocycles. The molecule has 0 aliphatic carbocycles. The van der Waals surface area contributed by atoms with Crippen LogP contribution in [0.15, 0.2) is 15.3 Å². The van der Waals surface area contributed by atoms with Crippen LogP contribution in [0.1, 0.15) is 6.92 Å². The van der Waals surface area contributed by atoms with Gasteiger partial charge >= 0.3 is 0 Å². The summed E-state index contributed by atoms with van der Waals surface area (Å²) in [5.41, 5.74) is 0.970. The van der Waals surface area contributed by atoms with Crippen LogP contribution in [0.5, 0.6) is 0 Å². The normalized spacial score (nSPS) is 19.3. The zero-order chi connectivity index (χ0) is 10.8. The number of aliphatic hydroxyl groups is 1. The van der Waals surface area contributed by atoms with Gasteiger partial charge in [-0.2, -0.15) is 0 Å². The van der Waals surface area contributed by atoms with Gasteiger partial charge in [0.25, 0.3) is 0 Å². The first-order chi connectivity index (χ1) is 7.19. The van der Waals surface area contributed by atoms with Gasteiger partial charge in [-0.15, -0.1) is 11.3 Å². The maximum absolute atomic E-state index is 8.88. The fourth-order valence-electron chi connectivity index (χ4n) is 1.08. The lowest BCUT2D eigenvalue weighted by atomic mass is 10.4. The number of hydrogen-bond acceptors (Lipinski definition) is 4. The van der Waals surface area contributed by atoms with Crippen LogP contribution in [0, 0.1) is 0 Å². The van der Waals surface area contributed by atoms with E-state index in [1.54, 1.807) is 0 Å². The summed E-state index contributed by atoms with van der Waals surface area (Å²) in [5.74, 6) is 0.656. The summed E-state index contributed by atoms with van der Waals surface area (Å²) in [7, 11) is 0. The van der Waals surface area contributed by atoms with Crippen LogP contribution in [0.2, 0.25) is 4.34 Å². The first-order valence-electron chi connectivity index (χ1n) is 4.37. The van der Waals surface area contributed by atoms with Crippen LogP contribution in [0.25, 0.3) is 0 Å². The molecule has 0 radical (unpaired) electrons. The third-order valence-corrected chi connectivity index (χ3v) is 4.03. The Balaban J connectivity index is 2.14. The Kier molecular flexibility index (Phi) is 3.40. The first kappa shape index (κ1) is 11.1. The van der Waals surface area contributed by atoms with E-state index in [0.29, 0.717) is 5.96 Å². The summed E-state index contributed by atoms with van der Waals surface area (Å²) >= 11 is 8.88. The number of nitrogens with one attached hydrogen (secondary N) is 2. The van der Waals surface area contributed by atoms with E-state index in [-0.39, 0.29) is 12.6 Å². The van der Waals surface area contributed by atoms with Gasteiger partial charge < -0.3 is 10.4 Å². The Hall–Kier alpha value is -0.430. The summed E-state index contributed by atoms with van der Waals surface area (Å²) in [4.78, 5) is 4.25. The Morgan fingerprint density at radius 1 is 1.67 bits per heavy atom. The van der Waals surface area contributed by atoms with Crippen LogP contribution >= 0.6 is 34.9 Å². The lowest BCUT2D eigenvalue weighted by molar-refractivity contribution is 0.274. The predicted octanol–water partition coefficient (Wildman–Crippen LogP) is 2.16. The van der Waals surface area contributed by atoms with Gasteiger partial charge in [0, 0.05) is 11.9 Å². The van der Waals surface area contributed by atoms with Crippen molar-refractivity contribution < 1.29 is 5.11 Å². The summed E-state index contributed by atoms with van der Waals surface area (Å²) in [6, 6.07) is 1.75. The fraction of sp³-hybridized carbons (Fsp3) is 0.375. The monoisotopic (exact) mass is 263 g/mol. The Morgan fingerprint density at radius 2 is 2.47 bits per heavy atom. The topological polar surface area (TPSA) is 56.7 Å². The van der Waals surface area contributed by atoms with Crippen molar-refractivity contribution in [1.82, 2.24) is 4.72 Å². The molecule has 0 spiro atoms. The van der Waals surface area contributed by atoms with Crippen molar-refractivity contribution in [2.45, 2.75) is 17.2 Å². The van der Waals surface area contributed by atoms with Gasteiger partial charge in [0.1, 0.15) is 4.21 Å². The number of rotatable bonds is 2. The Morgan fingerprint density at radius 3 is 3.20 bits per heavy atom. The summed E-state index contributed by atoms with van der Waals surface area (Å²) in [6.07, 6.45) is 0. The van der Waals surface area contributed by atoms with Crippen LogP contribution < -0.4 is 10.0 Å². The molecule has 0 amide bonds. The van der Waals surface area contributed by atoms with Gasteiger partial charge in [0.15, 0.2) is 0 Å². The van der Waals surface area contributed by atoms with Crippen LogP contribution in [0.4, 0.5) is 5.69 Å². The standard InChI is InChI=1S/C8H10ClN3OS2/c1-4(3-13)10-8-11-5-2-6(9)14-7(5)15-12-8/h2,4,13H,3H2,1H3,(H2,10,11,12). The molecule has 1 aromatic heterocycles. The molecule has 1 atom stereocenters. The molecule has 15 heavy (non-hydrogen) atoms. The van der Waals surface area contributed by atoms with Crippen molar-refractivity contribution in [3.8, 4) is 0 Å². The predicted molar refractivity (Wildman–Crippen MR) is 65.9 cm³/mol. The minimum atomic E-state index is -0.115. The molecular weight excluding hydrogens is 254 g/mol. The highest BCUT2D eigenvalue weighted by Gasteiger charge is 2.17. The number of aliphatic imine (C=N–C) groups is 1. The van der Waals surface area contributed by atoms with Gasteiger partial charge in [0.2, 0.25) is 5.96 Å². The van der Waals surface area contributed by atoms with Crippen LogP contribution in [-0.4, -0.2) is 23.7 Å². The minimum absolute atomic E-state index is 0.0365. The van der Waals surface area contributed by atoms with E-state index >= 15 is 0 Å². The highest BCUT2D eigenvalue weighted by atomic mass is 35.5. The van der Waals surface area contributed by atoms with E-state index in [1.807, 2.05) is 13.0 Å². The molecule has 2 heterocycles. The number of hydrogen-bond donors (Lipinski definition) is 3. The second-order valence-corrected chi connectivity index (χ2v) is 5.85. The van der Waals surface area contributed by atoms with Crippen molar-refractivity contribution in [3.05, 3.63) is 10.4 Å². The quantitative estimate of drug-likeness (QED) is 0.716. The second kappa shape index (κ2) is 4.61. The third kappa shape index (κ3) is 2.57. The number of anilines is 1. The summed E-state index contributed by atoms with van der Waals surface area (Å²) in [5, 5.41) is 12.0. The van der Waals surface area contributed by atoms with Crippen molar-refractivity contribution in [2.24, 2.45) is 4.99 Å². The number of nitrogens with zero attached hydrogens (tertiary/aromatic N) is 1. The smallest absolute Gasteiger partial charge is 0.206 e. The van der Waals surface area contributed by atoms with Gasteiger partial charge in [-0.3, -0.25) is 4.72 Å². The number of aliphatic hydroxyl groups excluding tert-OH is 1. The largest absolute Gasteiger partial charge is 0.394 e. The van der Waals surface area contributed by atoms with Gasteiger partial charge in [0.05, 0.1) is 22.7 Å². The van der Waals surface area contributed by atoms with E-state index in [0.717, 1.165) is 14.2 Å². The molecule has 1 aliphatic rings. The molecule has 0 saturated carbocycles. The van der Waals surface area contributed by atoms with Crippen LogP contribution in [0.3, 0.4) is 0 Å². The highest BCUT2D eigenvalue weighted by molar-refractivity contribution is 8.00. The third-order valence-electron chi connectivity index (χ3n) is 1.78. The SMILES string of the molecule is CC(CO)N=C1NSc2sc(Cl)cc2N1. The van der Waals surface area contributed by atoms with Crippen molar-refractivity contribution >= 4 is 46.5 Å². The number of fused-ring (bicyclic) bond motifs is 1. The van der Waals surface area contributed by atoms with Crippen molar-refractivity contribution in [1.29, 1.82) is 0 Å². The molecule has 1 aromatic rings. The van der Waals surface area contributed by atoms with Gasteiger partial charge in [-0.1, -0.05) is 11.6 Å². The fourth-order valence-corrected chi connectivity index (χ4v) is 3.20. The first-order valence-corrected chi connectivity index (χ1v) is 6.38. The molecule has 0 aromatic carbocycles. The molecule has 0 bridgehead atoms. The molecule has 0 fully saturated rings. The molecule has 1 aliphatic heterocycles. The van der Waals surface area contributed by atoms with Gasteiger partial charge in [-0.05, 0) is 13.0 Å². The lowest BCUT2D eigenvalue weighted by Gasteiger charge is -2.17. The molecule has 7 heteroatoms. The Labute approximate surface area is 101 Å². The lowest BCUT2D eigenvalue weighted by Crippen LogP contribution is -2.30. The van der Waals surface area contributed by atoms with E-state index in [9.17, 15) is 0 Å². The molecule has 4 nitrogen and oxygen atoms in total. The van der Waals surface area contributed by atoms with E-state index in [4.69, 9.17) is 16.7 Å². The molecule has 82 valence electrons.